The van der Waals surface area contributed by atoms with Crippen LogP contribution in [0.25, 0.3) is 0 Å². The Morgan fingerprint density at radius 2 is 1.84 bits per heavy atom. The van der Waals surface area contributed by atoms with Crippen LogP contribution >= 0.6 is 0 Å². The van der Waals surface area contributed by atoms with Crippen molar-refractivity contribution in [3.63, 3.8) is 0 Å². The van der Waals surface area contributed by atoms with Crippen molar-refractivity contribution in [1.29, 1.82) is 0 Å². The molecule has 0 unspecified atom stereocenters. The summed E-state index contributed by atoms with van der Waals surface area (Å²) in [5.74, 6) is 0.627. The van der Waals surface area contributed by atoms with Crippen molar-refractivity contribution in [2.24, 2.45) is 0 Å². The summed E-state index contributed by atoms with van der Waals surface area (Å²) in [5, 5.41) is 13.6. The standard InChI is InChI=1S/C19H23N3O8S/c1-28-15-5-4-6-16(12-15)30-10-9-20-19(23)13-21(31(3,26)27)17-11-14(22(24)25)7-8-18(17)29-2/h4-8,11-12H,9-10,13H2,1-3H3,(H,20,23). The maximum atomic E-state index is 12.3. The minimum atomic E-state index is -3.94. The van der Waals surface area contributed by atoms with Gasteiger partial charge in [-0.15, -0.1) is 0 Å². The number of hydrogen-bond acceptors (Lipinski definition) is 8. The number of anilines is 1. The molecule has 0 saturated carbocycles. The average molecular weight is 453 g/mol. The normalized spacial score (nSPS) is 10.8. The van der Waals surface area contributed by atoms with Gasteiger partial charge in [0.15, 0.2) is 0 Å². The van der Waals surface area contributed by atoms with Gasteiger partial charge in [-0.2, -0.15) is 0 Å². The quantitative estimate of drug-likeness (QED) is 0.307. The summed E-state index contributed by atoms with van der Waals surface area (Å²) in [5.41, 5.74) is -0.446. The van der Waals surface area contributed by atoms with Crippen molar-refractivity contribution in [2.45, 2.75) is 0 Å². The lowest BCUT2D eigenvalue weighted by Gasteiger charge is -2.23. The number of nitrogens with zero attached hydrogens (tertiary/aromatic N) is 2. The van der Waals surface area contributed by atoms with Crippen LogP contribution in [0, 0.1) is 10.1 Å². The number of rotatable bonds is 11. The third kappa shape index (κ3) is 6.74. The van der Waals surface area contributed by atoms with E-state index in [9.17, 15) is 23.3 Å². The van der Waals surface area contributed by atoms with Gasteiger partial charge in [0.05, 0.1) is 31.9 Å². The highest BCUT2D eigenvalue weighted by atomic mass is 32.2. The van der Waals surface area contributed by atoms with E-state index in [2.05, 4.69) is 5.32 Å². The first kappa shape index (κ1) is 23.7. The second-order valence-electron chi connectivity index (χ2n) is 6.26. The van der Waals surface area contributed by atoms with Gasteiger partial charge in [-0.05, 0) is 18.2 Å². The number of hydrogen-bond donors (Lipinski definition) is 1. The SMILES string of the molecule is COc1cccc(OCCNC(=O)CN(c2cc([N+](=O)[O-])ccc2OC)S(C)(=O)=O)c1. The molecule has 2 aromatic rings. The van der Waals surface area contributed by atoms with Crippen LogP contribution in [0.4, 0.5) is 11.4 Å². The first-order chi connectivity index (χ1) is 14.7. The van der Waals surface area contributed by atoms with E-state index < -0.39 is 27.4 Å². The number of ether oxygens (including phenoxy) is 3. The fraction of sp³-hybridized carbons (Fsp3) is 0.316. The summed E-state index contributed by atoms with van der Waals surface area (Å²) in [6.45, 7) is -0.340. The largest absolute Gasteiger partial charge is 0.497 e. The number of carbonyl (C=O) groups is 1. The van der Waals surface area contributed by atoms with E-state index in [0.29, 0.717) is 11.5 Å². The van der Waals surface area contributed by atoms with Crippen LogP contribution in [-0.4, -0.2) is 59.4 Å². The highest BCUT2D eigenvalue weighted by molar-refractivity contribution is 7.92. The number of sulfonamides is 1. The maximum Gasteiger partial charge on any atom is 0.271 e. The zero-order valence-electron chi connectivity index (χ0n) is 17.2. The van der Waals surface area contributed by atoms with E-state index in [4.69, 9.17) is 14.2 Å². The highest BCUT2D eigenvalue weighted by Crippen LogP contribution is 2.33. The van der Waals surface area contributed by atoms with Gasteiger partial charge in [0.25, 0.3) is 5.69 Å². The number of methoxy groups -OCH3 is 2. The molecule has 0 atom stereocenters. The lowest BCUT2D eigenvalue weighted by Crippen LogP contribution is -2.41. The van der Waals surface area contributed by atoms with Gasteiger partial charge in [-0.25, -0.2) is 8.42 Å². The van der Waals surface area contributed by atoms with Crippen LogP contribution in [0.15, 0.2) is 42.5 Å². The predicted octanol–water partition coefficient (Wildman–Crippen LogP) is 1.57. The summed E-state index contributed by atoms with van der Waals surface area (Å²) in [7, 11) is -1.12. The summed E-state index contributed by atoms with van der Waals surface area (Å²) in [4.78, 5) is 22.7. The molecule has 2 aromatic carbocycles. The summed E-state index contributed by atoms with van der Waals surface area (Å²) in [6, 6.07) is 10.4. The third-order valence-corrected chi connectivity index (χ3v) is 5.19. The molecule has 1 N–H and O–H groups in total. The summed E-state index contributed by atoms with van der Waals surface area (Å²) < 4.78 is 41.0. The smallest absolute Gasteiger partial charge is 0.271 e. The van der Waals surface area contributed by atoms with Gasteiger partial charge in [0.2, 0.25) is 15.9 Å². The third-order valence-electron chi connectivity index (χ3n) is 4.06. The molecule has 0 spiro atoms. The van der Waals surface area contributed by atoms with Gasteiger partial charge in [0, 0.05) is 18.2 Å². The Morgan fingerprint density at radius 3 is 2.45 bits per heavy atom. The van der Waals surface area contributed by atoms with Gasteiger partial charge in [-0.3, -0.25) is 19.2 Å². The lowest BCUT2D eigenvalue weighted by atomic mass is 10.2. The van der Waals surface area contributed by atoms with E-state index in [0.717, 1.165) is 16.6 Å². The molecule has 31 heavy (non-hydrogen) atoms. The zero-order chi connectivity index (χ0) is 23.0. The van der Waals surface area contributed by atoms with Crippen molar-refractivity contribution in [2.75, 3.05) is 44.5 Å². The molecule has 2 rings (SSSR count). The van der Waals surface area contributed by atoms with Gasteiger partial charge in [-0.1, -0.05) is 6.07 Å². The second kappa shape index (κ2) is 10.5. The first-order valence-corrected chi connectivity index (χ1v) is 10.8. The number of amides is 1. The highest BCUT2D eigenvalue weighted by Gasteiger charge is 2.26. The Labute approximate surface area is 179 Å². The van der Waals surface area contributed by atoms with Crippen molar-refractivity contribution in [3.05, 3.63) is 52.6 Å². The molecule has 0 bridgehead atoms. The Hall–Kier alpha value is -3.54. The predicted molar refractivity (Wildman–Crippen MR) is 113 cm³/mol. The molecule has 0 aliphatic carbocycles. The van der Waals surface area contributed by atoms with Crippen molar-refractivity contribution >= 4 is 27.3 Å². The van der Waals surface area contributed by atoms with E-state index in [1.165, 1.54) is 26.4 Å². The molecular weight excluding hydrogens is 430 g/mol. The van der Waals surface area contributed by atoms with Gasteiger partial charge >= 0.3 is 0 Å². The number of nitro groups is 1. The molecule has 0 heterocycles. The van der Waals surface area contributed by atoms with Gasteiger partial charge < -0.3 is 19.5 Å². The van der Waals surface area contributed by atoms with Crippen LogP contribution in [0.2, 0.25) is 0 Å². The van der Waals surface area contributed by atoms with Crippen LogP contribution in [0.1, 0.15) is 0 Å². The molecule has 12 heteroatoms. The molecule has 11 nitrogen and oxygen atoms in total. The van der Waals surface area contributed by atoms with Crippen LogP contribution in [0.3, 0.4) is 0 Å². The number of non-ortho nitro benzene ring substituents is 1. The van der Waals surface area contributed by atoms with E-state index in [-0.39, 0.29) is 30.3 Å². The molecule has 0 radical (unpaired) electrons. The second-order valence-corrected chi connectivity index (χ2v) is 8.17. The zero-order valence-corrected chi connectivity index (χ0v) is 18.0. The van der Waals surface area contributed by atoms with Crippen LogP contribution in [-0.2, 0) is 14.8 Å². The fourth-order valence-corrected chi connectivity index (χ4v) is 3.46. The molecular formula is C19H23N3O8S. The minimum absolute atomic E-state index is 0.0742. The first-order valence-electron chi connectivity index (χ1n) is 8.99. The molecule has 0 saturated heterocycles. The minimum Gasteiger partial charge on any atom is -0.497 e. The summed E-state index contributed by atoms with van der Waals surface area (Å²) in [6.07, 6.45) is 0.893. The maximum absolute atomic E-state index is 12.3. The number of nitro benzene ring substituents is 1. The fourth-order valence-electron chi connectivity index (χ4n) is 2.60. The summed E-state index contributed by atoms with van der Waals surface area (Å²) >= 11 is 0. The number of nitrogens with one attached hydrogen (secondary N) is 1. The van der Waals surface area contributed by atoms with Crippen molar-refractivity contribution < 1.29 is 32.3 Å². The van der Waals surface area contributed by atoms with Crippen LogP contribution in [0.5, 0.6) is 17.2 Å². The Morgan fingerprint density at radius 1 is 1.13 bits per heavy atom. The average Bonchev–Trinajstić information content (AvgIpc) is 2.74. The van der Waals surface area contributed by atoms with Crippen LogP contribution < -0.4 is 23.8 Å². The topological polar surface area (TPSA) is 137 Å². The molecule has 0 fully saturated rings. The Bertz CT molecular complexity index is 1040. The van der Waals surface area contributed by atoms with Crippen molar-refractivity contribution in [3.8, 4) is 17.2 Å². The Balaban J connectivity index is 2.05. The molecule has 1 amide bonds. The number of benzene rings is 2. The molecule has 0 aliphatic rings. The lowest BCUT2D eigenvalue weighted by molar-refractivity contribution is -0.384. The monoisotopic (exact) mass is 453 g/mol. The van der Waals surface area contributed by atoms with E-state index in [1.807, 2.05) is 0 Å². The molecule has 0 aliphatic heterocycles. The molecule has 168 valence electrons. The number of carbonyl (C=O) groups excluding carboxylic acids is 1. The van der Waals surface area contributed by atoms with E-state index in [1.54, 1.807) is 24.3 Å². The van der Waals surface area contributed by atoms with Gasteiger partial charge in [0.1, 0.15) is 36.1 Å². The van der Waals surface area contributed by atoms with E-state index >= 15 is 0 Å². The molecule has 0 aromatic heterocycles. The Kier molecular flexibility index (Phi) is 8.02. The van der Waals surface area contributed by atoms with Crippen molar-refractivity contribution in [1.82, 2.24) is 5.32 Å².